The highest BCUT2D eigenvalue weighted by atomic mass is 19.4. The fourth-order valence-corrected chi connectivity index (χ4v) is 1.88. The minimum Gasteiger partial charge on any atom is -0.478 e. The first-order valence-electron chi connectivity index (χ1n) is 5.49. The van der Waals surface area contributed by atoms with Gasteiger partial charge in [-0.1, -0.05) is 0 Å². The van der Waals surface area contributed by atoms with Gasteiger partial charge in [0, 0.05) is 5.56 Å². The monoisotopic (exact) mass is 272 g/mol. The van der Waals surface area contributed by atoms with Crippen LogP contribution in [0, 0.1) is 13.8 Å². The van der Waals surface area contributed by atoms with Crippen LogP contribution in [-0.2, 0) is 4.79 Å². The fraction of sp³-hybridized carbons (Fsp3) is 0.308. The van der Waals surface area contributed by atoms with Crippen LogP contribution in [0.25, 0.3) is 6.08 Å². The molecule has 1 aliphatic rings. The van der Waals surface area contributed by atoms with Gasteiger partial charge in [0.2, 0.25) is 6.10 Å². The lowest BCUT2D eigenvalue weighted by atomic mass is 9.98. The van der Waals surface area contributed by atoms with Crippen LogP contribution in [0.4, 0.5) is 13.2 Å². The average molecular weight is 272 g/mol. The minimum atomic E-state index is -4.76. The molecule has 1 aromatic carbocycles. The summed E-state index contributed by atoms with van der Waals surface area (Å²) in [5.74, 6) is -1.58. The van der Waals surface area contributed by atoms with Gasteiger partial charge in [0.05, 0.1) is 5.57 Å². The van der Waals surface area contributed by atoms with Gasteiger partial charge in [-0.3, -0.25) is 0 Å². The number of carboxylic acid groups (broad SMARTS) is 1. The molecule has 0 unspecified atom stereocenters. The van der Waals surface area contributed by atoms with Gasteiger partial charge in [-0.05, 0) is 43.2 Å². The minimum absolute atomic E-state index is 0.0513. The third-order valence-electron chi connectivity index (χ3n) is 3.01. The molecule has 3 nitrogen and oxygen atoms in total. The molecule has 0 fully saturated rings. The van der Waals surface area contributed by atoms with Gasteiger partial charge in [-0.15, -0.1) is 0 Å². The van der Waals surface area contributed by atoms with Gasteiger partial charge in [0.1, 0.15) is 5.75 Å². The van der Waals surface area contributed by atoms with Crippen molar-refractivity contribution in [2.75, 3.05) is 0 Å². The molecule has 102 valence electrons. The molecule has 6 heteroatoms. The van der Waals surface area contributed by atoms with E-state index in [2.05, 4.69) is 0 Å². The van der Waals surface area contributed by atoms with Gasteiger partial charge >= 0.3 is 12.1 Å². The van der Waals surface area contributed by atoms with Gasteiger partial charge < -0.3 is 9.84 Å². The lowest BCUT2D eigenvalue weighted by Crippen LogP contribution is -2.40. The van der Waals surface area contributed by atoms with Crippen molar-refractivity contribution in [3.63, 3.8) is 0 Å². The number of aliphatic carboxylic acids is 1. The Bertz CT molecular complexity index is 573. The first kappa shape index (κ1) is 13.5. The Morgan fingerprint density at radius 2 is 1.84 bits per heavy atom. The molecule has 1 aromatic rings. The van der Waals surface area contributed by atoms with Crippen molar-refractivity contribution in [3.8, 4) is 5.75 Å². The van der Waals surface area contributed by atoms with Gasteiger partial charge in [0.15, 0.2) is 0 Å². The average Bonchev–Trinajstić information content (AvgIpc) is 2.27. The number of rotatable bonds is 1. The fourth-order valence-electron chi connectivity index (χ4n) is 1.88. The number of aryl methyl sites for hydroxylation is 2. The van der Waals surface area contributed by atoms with Gasteiger partial charge in [-0.2, -0.15) is 13.2 Å². The molecular weight excluding hydrogens is 261 g/mol. The number of benzene rings is 1. The summed E-state index contributed by atoms with van der Waals surface area (Å²) in [6, 6.07) is 3.10. The lowest BCUT2D eigenvalue weighted by molar-refractivity contribution is -0.187. The van der Waals surface area contributed by atoms with Crippen LogP contribution in [0.5, 0.6) is 5.75 Å². The van der Waals surface area contributed by atoms with Crippen LogP contribution < -0.4 is 4.74 Å². The molecule has 19 heavy (non-hydrogen) atoms. The lowest BCUT2D eigenvalue weighted by Gasteiger charge is -2.27. The van der Waals surface area contributed by atoms with Crippen molar-refractivity contribution in [1.29, 1.82) is 0 Å². The maximum atomic E-state index is 12.8. The Balaban J connectivity index is 2.57. The normalized spacial score (nSPS) is 18.4. The standard InChI is InChI=1S/C13H11F3O3/c1-6-3-8-5-9(12(17)18)11(13(14,15)16)19-10(8)4-7(6)2/h3-5,11H,1-2H3,(H,17,18)/t11-/m0/s1. The van der Waals surface area contributed by atoms with Crippen molar-refractivity contribution >= 4 is 12.0 Å². The summed E-state index contributed by atoms with van der Waals surface area (Å²) in [5.41, 5.74) is 1.19. The first-order valence-corrected chi connectivity index (χ1v) is 5.49. The van der Waals surface area contributed by atoms with Crippen LogP contribution in [0.1, 0.15) is 16.7 Å². The summed E-state index contributed by atoms with van der Waals surface area (Å²) < 4.78 is 43.2. The van der Waals surface area contributed by atoms with Crippen molar-refractivity contribution in [3.05, 3.63) is 34.4 Å². The third-order valence-corrected chi connectivity index (χ3v) is 3.01. The van der Waals surface area contributed by atoms with E-state index in [1.165, 1.54) is 6.07 Å². The van der Waals surface area contributed by atoms with Crippen LogP contribution in [0.3, 0.4) is 0 Å². The maximum absolute atomic E-state index is 12.8. The second-order valence-electron chi connectivity index (χ2n) is 4.42. The molecule has 1 N–H and O–H groups in total. The Hall–Kier alpha value is -1.98. The number of halogens is 3. The molecule has 0 spiro atoms. The number of ether oxygens (including phenoxy) is 1. The van der Waals surface area contributed by atoms with Crippen molar-refractivity contribution in [1.82, 2.24) is 0 Å². The molecule has 0 aliphatic carbocycles. The Morgan fingerprint density at radius 3 is 2.37 bits per heavy atom. The van der Waals surface area contributed by atoms with Crippen LogP contribution in [0.15, 0.2) is 17.7 Å². The second-order valence-corrected chi connectivity index (χ2v) is 4.42. The highest BCUT2D eigenvalue weighted by Gasteiger charge is 2.48. The molecule has 0 aromatic heterocycles. The SMILES string of the molecule is Cc1cc2c(cc1C)O[C@H](C(F)(F)F)C(C(=O)O)=C2. The number of hydrogen-bond donors (Lipinski definition) is 1. The number of hydrogen-bond acceptors (Lipinski definition) is 2. The van der Waals surface area contributed by atoms with Crippen LogP contribution in [0.2, 0.25) is 0 Å². The van der Waals surface area contributed by atoms with E-state index in [0.29, 0.717) is 5.56 Å². The van der Waals surface area contributed by atoms with Crippen LogP contribution >= 0.6 is 0 Å². The van der Waals surface area contributed by atoms with E-state index in [-0.39, 0.29) is 5.75 Å². The van der Waals surface area contributed by atoms with Gasteiger partial charge in [-0.25, -0.2) is 4.79 Å². The molecule has 0 saturated heterocycles. The third kappa shape index (κ3) is 2.43. The maximum Gasteiger partial charge on any atom is 0.430 e. The molecule has 1 heterocycles. The summed E-state index contributed by atoms with van der Waals surface area (Å²) >= 11 is 0. The largest absolute Gasteiger partial charge is 0.478 e. The zero-order valence-corrected chi connectivity index (χ0v) is 10.2. The summed E-state index contributed by atoms with van der Waals surface area (Å²) in [7, 11) is 0. The van der Waals surface area contributed by atoms with Crippen molar-refractivity contribution in [2.24, 2.45) is 0 Å². The molecule has 0 bridgehead atoms. The van der Waals surface area contributed by atoms with E-state index >= 15 is 0 Å². The number of alkyl halides is 3. The van der Waals surface area contributed by atoms with E-state index in [1.807, 2.05) is 0 Å². The van der Waals surface area contributed by atoms with E-state index < -0.39 is 23.8 Å². The van der Waals surface area contributed by atoms with Crippen molar-refractivity contribution < 1.29 is 27.8 Å². The smallest absolute Gasteiger partial charge is 0.430 e. The zero-order valence-electron chi connectivity index (χ0n) is 10.2. The first-order chi connectivity index (χ1) is 8.70. The molecule has 0 amide bonds. The zero-order chi connectivity index (χ0) is 14.4. The predicted molar refractivity (Wildman–Crippen MR) is 62.0 cm³/mol. The van der Waals surface area contributed by atoms with E-state index in [1.54, 1.807) is 19.9 Å². The Morgan fingerprint density at radius 1 is 1.26 bits per heavy atom. The highest BCUT2D eigenvalue weighted by Crippen LogP contribution is 2.38. The van der Waals surface area contributed by atoms with Crippen molar-refractivity contribution in [2.45, 2.75) is 26.1 Å². The topological polar surface area (TPSA) is 46.5 Å². The second kappa shape index (κ2) is 4.29. The summed E-state index contributed by atoms with van der Waals surface area (Å²) in [4.78, 5) is 10.9. The molecule has 2 rings (SSSR count). The molecule has 0 saturated carbocycles. The Labute approximate surface area is 107 Å². The quantitative estimate of drug-likeness (QED) is 0.854. The molecular formula is C13H11F3O3. The molecule has 0 radical (unpaired) electrons. The number of carbonyl (C=O) groups is 1. The van der Waals surface area contributed by atoms with Gasteiger partial charge in [0.25, 0.3) is 0 Å². The summed E-state index contributed by atoms with van der Waals surface area (Å²) in [6.45, 7) is 3.54. The van der Waals surface area contributed by atoms with E-state index in [9.17, 15) is 18.0 Å². The highest BCUT2D eigenvalue weighted by molar-refractivity contribution is 5.95. The van der Waals surface area contributed by atoms with E-state index in [0.717, 1.165) is 17.2 Å². The summed E-state index contributed by atoms with van der Waals surface area (Å²) in [6.07, 6.45) is -6.17. The number of fused-ring (bicyclic) bond motifs is 1. The molecule has 1 aliphatic heterocycles. The number of carboxylic acids is 1. The summed E-state index contributed by atoms with van der Waals surface area (Å²) in [5, 5.41) is 8.87. The van der Waals surface area contributed by atoms with Crippen LogP contribution in [-0.4, -0.2) is 23.4 Å². The Kier molecular flexibility index (Phi) is 3.04. The van der Waals surface area contributed by atoms with E-state index in [4.69, 9.17) is 9.84 Å². The predicted octanol–water partition coefficient (Wildman–Crippen LogP) is 3.09. The molecule has 1 atom stereocenters.